The lowest BCUT2D eigenvalue weighted by Crippen LogP contribution is -2.29. The Bertz CT molecular complexity index is 944. The monoisotopic (exact) mass is 384 g/mol. The van der Waals surface area contributed by atoms with Crippen LogP contribution in [0.4, 0.5) is 0 Å². The van der Waals surface area contributed by atoms with Crippen molar-refractivity contribution in [3.05, 3.63) is 58.4 Å². The van der Waals surface area contributed by atoms with Gasteiger partial charge < -0.3 is 9.15 Å². The number of halogens is 1. The Kier molecular flexibility index (Phi) is 5.67. The van der Waals surface area contributed by atoms with Crippen LogP contribution in [0.15, 0.2) is 51.3 Å². The highest BCUT2D eigenvalue weighted by molar-refractivity contribution is 6.31. The Morgan fingerprint density at radius 1 is 1.33 bits per heavy atom. The van der Waals surface area contributed by atoms with E-state index in [0.717, 1.165) is 11.3 Å². The lowest BCUT2D eigenvalue weighted by Gasteiger charge is -2.31. The molecule has 2 heterocycles. The normalized spacial score (nSPS) is 19.4. The van der Waals surface area contributed by atoms with E-state index in [0.29, 0.717) is 22.2 Å². The number of nitrogens with zero attached hydrogens (tertiary/aromatic N) is 4. The van der Waals surface area contributed by atoms with E-state index in [2.05, 4.69) is 15.2 Å². The van der Waals surface area contributed by atoms with Crippen LogP contribution < -0.4 is 0 Å². The minimum Gasteiger partial charge on any atom is -0.461 e. The van der Waals surface area contributed by atoms with Crippen molar-refractivity contribution >= 4 is 23.3 Å². The van der Waals surface area contributed by atoms with Crippen LogP contribution in [0.5, 0.6) is 0 Å². The Hall–Kier alpha value is -2.98. The van der Waals surface area contributed by atoms with Crippen molar-refractivity contribution in [2.24, 2.45) is 4.99 Å². The van der Waals surface area contributed by atoms with Gasteiger partial charge in [-0.3, -0.25) is 4.99 Å². The molecule has 2 aromatic rings. The number of esters is 1. The van der Waals surface area contributed by atoms with Crippen molar-refractivity contribution in [2.45, 2.75) is 32.1 Å². The van der Waals surface area contributed by atoms with Crippen LogP contribution in [-0.4, -0.2) is 28.5 Å². The molecule has 2 atom stereocenters. The van der Waals surface area contributed by atoms with Crippen molar-refractivity contribution in [2.75, 3.05) is 6.61 Å². The first-order valence-electron chi connectivity index (χ1n) is 8.35. The van der Waals surface area contributed by atoms with Gasteiger partial charge in [-0.25, -0.2) is 4.79 Å². The average molecular weight is 385 g/mol. The summed E-state index contributed by atoms with van der Waals surface area (Å²) in [6.45, 7) is 3.60. The second-order valence-electron chi connectivity index (χ2n) is 6.05. The number of rotatable bonds is 5. The molecular formula is C19H17ClN4O3. The SMILES string of the molecule is CC1=NC(C)=C(C(=O)OCCC#N)C(c2ccccc2Cl)C1c1nnco1. The summed E-state index contributed by atoms with van der Waals surface area (Å²) < 4.78 is 10.7. The maximum Gasteiger partial charge on any atom is 0.336 e. The molecule has 0 fully saturated rings. The Balaban J connectivity index is 2.12. The fourth-order valence-electron chi connectivity index (χ4n) is 3.27. The van der Waals surface area contributed by atoms with Crippen molar-refractivity contribution < 1.29 is 13.9 Å². The van der Waals surface area contributed by atoms with Gasteiger partial charge in [0.2, 0.25) is 12.3 Å². The summed E-state index contributed by atoms with van der Waals surface area (Å²) >= 11 is 6.45. The Morgan fingerprint density at radius 3 is 2.78 bits per heavy atom. The molecule has 0 bridgehead atoms. The Labute approximate surface area is 161 Å². The molecule has 1 aromatic heterocycles. The molecule has 0 spiro atoms. The molecule has 0 saturated carbocycles. The summed E-state index contributed by atoms with van der Waals surface area (Å²) in [5.41, 5.74) is 2.38. The van der Waals surface area contributed by atoms with Gasteiger partial charge in [-0.15, -0.1) is 10.2 Å². The lowest BCUT2D eigenvalue weighted by molar-refractivity contribution is -0.139. The summed E-state index contributed by atoms with van der Waals surface area (Å²) in [6.07, 6.45) is 1.35. The van der Waals surface area contributed by atoms with Crippen LogP contribution in [0.25, 0.3) is 0 Å². The predicted octanol–water partition coefficient (Wildman–Crippen LogP) is 3.80. The number of nitriles is 1. The van der Waals surface area contributed by atoms with Crippen LogP contribution in [-0.2, 0) is 9.53 Å². The van der Waals surface area contributed by atoms with Gasteiger partial charge in [-0.05, 0) is 25.5 Å². The maximum atomic E-state index is 12.8. The van der Waals surface area contributed by atoms with E-state index >= 15 is 0 Å². The molecule has 7 nitrogen and oxygen atoms in total. The first-order chi connectivity index (χ1) is 13.0. The molecule has 0 saturated heterocycles. The zero-order chi connectivity index (χ0) is 19.4. The molecule has 2 unspecified atom stereocenters. The fraction of sp³-hybridized carbons (Fsp3) is 0.316. The standard InChI is InChI=1S/C19H17ClN4O3/c1-11-15(18-24-22-10-27-18)17(13-6-3-4-7-14(13)20)16(12(2)23-11)19(25)26-9-5-8-21/h3-4,6-7,10,15,17H,5,9H2,1-2H3. The van der Waals surface area contributed by atoms with Crippen LogP contribution >= 0.6 is 11.6 Å². The van der Waals surface area contributed by atoms with Crippen molar-refractivity contribution in [1.29, 1.82) is 5.26 Å². The third kappa shape index (κ3) is 3.76. The number of benzene rings is 1. The predicted molar refractivity (Wildman–Crippen MR) is 98.2 cm³/mol. The third-order valence-electron chi connectivity index (χ3n) is 4.38. The quantitative estimate of drug-likeness (QED) is 0.574. The smallest absolute Gasteiger partial charge is 0.336 e. The number of allylic oxidation sites excluding steroid dienone is 1. The van der Waals surface area contributed by atoms with Gasteiger partial charge in [0.1, 0.15) is 6.61 Å². The second kappa shape index (κ2) is 8.14. The number of hydrogen-bond donors (Lipinski definition) is 0. The van der Waals surface area contributed by atoms with Crippen LogP contribution in [0.1, 0.15) is 43.6 Å². The molecule has 0 radical (unpaired) electrons. The molecule has 0 N–H and O–H groups in total. The summed E-state index contributed by atoms with van der Waals surface area (Å²) in [4.78, 5) is 17.3. The van der Waals surface area contributed by atoms with E-state index in [4.69, 9.17) is 26.0 Å². The molecule has 27 heavy (non-hydrogen) atoms. The maximum absolute atomic E-state index is 12.8. The summed E-state index contributed by atoms with van der Waals surface area (Å²) in [5.74, 6) is -1.13. The summed E-state index contributed by atoms with van der Waals surface area (Å²) in [6, 6.07) is 9.23. The summed E-state index contributed by atoms with van der Waals surface area (Å²) in [5, 5.41) is 17.0. The summed E-state index contributed by atoms with van der Waals surface area (Å²) in [7, 11) is 0. The molecule has 1 aromatic carbocycles. The molecule has 1 aliphatic rings. The number of carbonyl (C=O) groups excluding carboxylic acids is 1. The van der Waals surface area contributed by atoms with Gasteiger partial charge in [-0.1, -0.05) is 29.8 Å². The van der Waals surface area contributed by atoms with E-state index in [9.17, 15) is 4.79 Å². The molecule has 138 valence electrons. The van der Waals surface area contributed by atoms with E-state index in [1.54, 1.807) is 13.0 Å². The minimum absolute atomic E-state index is 0.00920. The molecule has 0 aliphatic carbocycles. The van der Waals surface area contributed by atoms with Crippen LogP contribution in [0.3, 0.4) is 0 Å². The first kappa shape index (κ1) is 18.8. The highest BCUT2D eigenvalue weighted by atomic mass is 35.5. The molecular weight excluding hydrogens is 368 g/mol. The van der Waals surface area contributed by atoms with Gasteiger partial charge in [-0.2, -0.15) is 5.26 Å². The third-order valence-corrected chi connectivity index (χ3v) is 4.72. The van der Waals surface area contributed by atoms with Gasteiger partial charge in [0.05, 0.1) is 24.0 Å². The van der Waals surface area contributed by atoms with Gasteiger partial charge in [0.25, 0.3) is 0 Å². The largest absolute Gasteiger partial charge is 0.461 e. The number of ether oxygens (including phenoxy) is 1. The number of aliphatic imine (C=N–C) groups is 1. The minimum atomic E-state index is -0.534. The van der Waals surface area contributed by atoms with Gasteiger partial charge in [0.15, 0.2) is 0 Å². The van der Waals surface area contributed by atoms with Gasteiger partial charge in [0, 0.05) is 22.3 Å². The van der Waals surface area contributed by atoms with Crippen molar-refractivity contribution in [1.82, 2.24) is 10.2 Å². The molecule has 0 amide bonds. The van der Waals surface area contributed by atoms with E-state index in [1.165, 1.54) is 6.39 Å². The number of aromatic nitrogens is 2. The molecule has 1 aliphatic heterocycles. The molecule has 8 heteroatoms. The zero-order valence-corrected chi connectivity index (χ0v) is 15.6. The number of carbonyl (C=O) groups is 1. The van der Waals surface area contributed by atoms with Crippen LogP contribution in [0.2, 0.25) is 5.02 Å². The van der Waals surface area contributed by atoms with Crippen LogP contribution in [0, 0.1) is 11.3 Å². The van der Waals surface area contributed by atoms with Gasteiger partial charge >= 0.3 is 5.97 Å². The average Bonchev–Trinajstić information content (AvgIpc) is 3.16. The highest BCUT2D eigenvalue weighted by Crippen LogP contribution is 2.45. The van der Waals surface area contributed by atoms with E-state index < -0.39 is 17.8 Å². The van der Waals surface area contributed by atoms with E-state index in [-0.39, 0.29) is 13.0 Å². The second-order valence-corrected chi connectivity index (χ2v) is 6.46. The first-order valence-corrected chi connectivity index (χ1v) is 8.73. The zero-order valence-electron chi connectivity index (χ0n) is 14.8. The Morgan fingerprint density at radius 2 is 2.11 bits per heavy atom. The highest BCUT2D eigenvalue weighted by Gasteiger charge is 2.41. The topological polar surface area (TPSA) is 101 Å². The van der Waals surface area contributed by atoms with E-state index in [1.807, 2.05) is 31.2 Å². The fourth-order valence-corrected chi connectivity index (χ4v) is 3.52. The van der Waals surface area contributed by atoms with Crippen molar-refractivity contribution in [3.63, 3.8) is 0 Å². The van der Waals surface area contributed by atoms with Crippen molar-refractivity contribution in [3.8, 4) is 6.07 Å². The number of hydrogen-bond acceptors (Lipinski definition) is 7. The molecule has 3 rings (SSSR count). The lowest BCUT2D eigenvalue weighted by atomic mass is 9.75.